The lowest BCUT2D eigenvalue weighted by Gasteiger charge is -2.09. The first-order valence-corrected chi connectivity index (χ1v) is 9.96. The first kappa shape index (κ1) is 17.7. The lowest BCUT2D eigenvalue weighted by atomic mass is 10.2. The SMILES string of the molecule is Cc1ccc(OCc2ccn(-c3ccc4nc(C5CC5)n(C)c4c3)c(=O)c2)cc1. The number of nitrogens with zero attached hydrogens (tertiary/aromatic N) is 3. The van der Waals surface area contributed by atoms with Crippen LogP contribution in [0, 0.1) is 6.92 Å². The predicted octanol–water partition coefficient (Wildman–Crippen LogP) is 4.49. The van der Waals surface area contributed by atoms with E-state index in [0.717, 1.165) is 33.9 Å². The van der Waals surface area contributed by atoms with Gasteiger partial charge in [-0.2, -0.15) is 0 Å². The lowest BCUT2D eigenvalue weighted by Crippen LogP contribution is -2.17. The number of ether oxygens (including phenoxy) is 1. The maximum atomic E-state index is 12.7. The van der Waals surface area contributed by atoms with Crippen molar-refractivity contribution in [2.75, 3.05) is 0 Å². The second kappa shape index (κ2) is 6.92. The molecule has 0 N–H and O–H groups in total. The van der Waals surface area contributed by atoms with Crippen LogP contribution in [0.3, 0.4) is 0 Å². The molecule has 5 heteroatoms. The van der Waals surface area contributed by atoms with Gasteiger partial charge in [0.1, 0.15) is 18.2 Å². The van der Waals surface area contributed by atoms with Gasteiger partial charge in [0.05, 0.1) is 16.7 Å². The molecule has 1 fully saturated rings. The molecular weight excluding hydrogens is 362 g/mol. The summed E-state index contributed by atoms with van der Waals surface area (Å²) in [5.41, 5.74) is 4.86. The van der Waals surface area contributed by atoms with E-state index in [1.165, 1.54) is 18.4 Å². The number of benzene rings is 2. The molecule has 1 saturated carbocycles. The molecule has 0 bridgehead atoms. The summed E-state index contributed by atoms with van der Waals surface area (Å²) in [5, 5.41) is 0. The van der Waals surface area contributed by atoms with E-state index in [2.05, 4.69) is 11.6 Å². The summed E-state index contributed by atoms with van der Waals surface area (Å²) in [6.45, 7) is 2.41. The van der Waals surface area contributed by atoms with Crippen molar-refractivity contribution in [3.8, 4) is 11.4 Å². The van der Waals surface area contributed by atoms with Crippen LogP contribution in [0.5, 0.6) is 5.75 Å². The quantitative estimate of drug-likeness (QED) is 0.509. The highest BCUT2D eigenvalue weighted by Crippen LogP contribution is 2.40. The van der Waals surface area contributed by atoms with E-state index in [9.17, 15) is 4.79 Å². The van der Waals surface area contributed by atoms with Crippen LogP contribution < -0.4 is 10.3 Å². The molecule has 0 aliphatic heterocycles. The molecule has 5 nitrogen and oxygen atoms in total. The third-order valence-corrected chi connectivity index (χ3v) is 5.53. The van der Waals surface area contributed by atoms with Gasteiger partial charge in [0.2, 0.25) is 0 Å². The van der Waals surface area contributed by atoms with Gasteiger partial charge in [-0.05, 0) is 61.7 Å². The van der Waals surface area contributed by atoms with Crippen molar-refractivity contribution in [3.63, 3.8) is 0 Å². The zero-order chi connectivity index (χ0) is 20.0. The highest BCUT2D eigenvalue weighted by molar-refractivity contribution is 5.78. The predicted molar refractivity (Wildman–Crippen MR) is 114 cm³/mol. The van der Waals surface area contributed by atoms with Gasteiger partial charge in [0, 0.05) is 25.2 Å². The van der Waals surface area contributed by atoms with Crippen molar-refractivity contribution in [1.82, 2.24) is 14.1 Å². The Morgan fingerprint density at radius 2 is 1.86 bits per heavy atom. The van der Waals surface area contributed by atoms with Crippen molar-refractivity contribution in [2.24, 2.45) is 7.05 Å². The van der Waals surface area contributed by atoms with Crippen molar-refractivity contribution < 1.29 is 4.74 Å². The van der Waals surface area contributed by atoms with Crippen LogP contribution in [0.15, 0.2) is 65.6 Å². The van der Waals surface area contributed by atoms with Crippen molar-refractivity contribution >= 4 is 11.0 Å². The molecule has 0 unspecified atom stereocenters. The van der Waals surface area contributed by atoms with Crippen LogP contribution in [0.4, 0.5) is 0 Å². The standard InChI is InChI=1S/C24H23N3O2/c1-16-3-8-20(9-4-16)29-15-17-11-12-27(23(28)13-17)19-7-10-21-22(14-19)26(2)24(25-21)18-5-6-18/h3-4,7-14,18H,5-6,15H2,1-2H3. The minimum atomic E-state index is -0.0704. The van der Waals surface area contributed by atoms with Crippen LogP contribution in [-0.2, 0) is 13.7 Å². The van der Waals surface area contributed by atoms with Crippen LogP contribution in [-0.4, -0.2) is 14.1 Å². The number of aromatic nitrogens is 3. The van der Waals surface area contributed by atoms with E-state index in [1.54, 1.807) is 10.6 Å². The highest BCUT2D eigenvalue weighted by Gasteiger charge is 2.28. The second-order valence-electron chi connectivity index (χ2n) is 7.82. The molecule has 0 spiro atoms. The van der Waals surface area contributed by atoms with Gasteiger partial charge < -0.3 is 9.30 Å². The molecule has 0 saturated heterocycles. The zero-order valence-electron chi connectivity index (χ0n) is 16.6. The number of rotatable bonds is 5. The number of imidazole rings is 1. The average molecular weight is 385 g/mol. The number of aryl methyl sites for hydroxylation is 2. The van der Waals surface area contributed by atoms with Gasteiger partial charge in [-0.3, -0.25) is 9.36 Å². The van der Waals surface area contributed by atoms with E-state index < -0.39 is 0 Å². The van der Waals surface area contributed by atoms with E-state index in [1.807, 2.05) is 61.7 Å². The lowest BCUT2D eigenvalue weighted by molar-refractivity contribution is 0.306. The van der Waals surface area contributed by atoms with Gasteiger partial charge in [-0.15, -0.1) is 0 Å². The Kier molecular flexibility index (Phi) is 4.23. The molecule has 1 aliphatic carbocycles. The fourth-order valence-corrected chi connectivity index (χ4v) is 3.68. The summed E-state index contributed by atoms with van der Waals surface area (Å²) >= 11 is 0. The molecule has 0 atom stereocenters. The van der Waals surface area contributed by atoms with Crippen LogP contribution in [0.1, 0.15) is 35.7 Å². The fraction of sp³-hybridized carbons (Fsp3) is 0.250. The van der Waals surface area contributed by atoms with E-state index in [4.69, 9.17) is 9.72 Å². The second-order valence-corrected chi connectivity index (χ2v) is 7.82. The molecule has 2 aromatic heterocycles. The number of hydrogen-bond acceptors (Lipinski definition) is 3. The summed E-state index contributed by atoms with van der Waals surface area (Å²) in [4.78, 5) is 17.5. The summed E-state index contributed by atoms with van der Waals surface area (Å²) in [6, 6.07) is 17.5. The first-order valence-electron chi connectivity index (χ1n) is 9.96. The summed E-state index contributed by atoms with van der Waals surface area (Å²) in [5.74, 6) is 2.53. The average Bonchev–Trinajstić information content (AvgIpc) is 3.52. The number of hydrogen-bond donors (Lipinski definition) is 0. The summed E-state index contributed by atoms with van der Waals surface area (Å²) < 4.78 is 9.62. The van der Waals surface area contributed by atoms with Gasteiger partial charge in [0.25, 0.3) is 5.56 Å². The van der Waals surface area contributed by atoms with E-state index in [0.29, 0.717) is 12.5 Å². The molecule has 1 aliphatic rings. The van der Waals surface area contributed by atoms with Gasteiger partial charge >= 0.3 is 0 Å². The Morgan fingerprint density at radius 3 is 2.59 bits per heavy atom. The van der Waals surface area contributed by atoms with Crippen molar-refractivity contribution in [2.45, 2.75) is 32.3 Å². The highest BCUT2D eigenvalue weighted by atomic mass is 16.5. The molecule has 2 heterocycles. The Bertz CT molecular complexity index is 1250. The summed E-state index contributed by atoms with van der Waals surface area (Å²) in [6.07, 6.45) is 4.25. The monoisotopic (exact) mass is 385 g/mol. The smallest absolute Gasteiger partial charge is 0.255 e. The van der Waals surface area contributed by atoms with E-state index in [-0.39, 0.29) is 5.56 Å². The molecule has 5 rings (SSSR count). The molecule has 0 radical (unpaired) electrons. The number of fused-ring (bicyclic) bond motifs is 1. The van der Waals surface area contributed by atoms with Gasteiger partial charge in [-0.25, -0.2) is 4.98 Å². The minimum Gasteiger partial charge on any atom is -0.489 e. The fourth-order valence-electron chi connectivity index (χ4n) is 3.68. The first-order chi connectivity index (χ1) is 14.1. The topological polar surface area (TPSA) is 49.0 Å². The molecule has 0 amide bonds. The normalized spacial score (nSPS) is 13.7. The maximum absolute atomic E-state index is 12.7. The Balaban J connectivity index is 1.40. The third-order valence-electron chi connectivity index (χ3n) is 5.53. The minimum absolute atomic E-state index is 0.0704. The maximum Gasteiger partial charge on any atom is 0.255 e. The van der Waals surface area contributed by atoms with Gasteiger partial charge in [-0.1, -0.05) is 17.7 Å². The van der Waals surface area contributed by atoms with Gasteiger partial charge in [0.15, 0.2) is 0 Å². The van der Waals surface area contributed by atoms with Crippen LogP contribution in [0.25, 0.3) is 16.7 Å². The van der Waals surface area contributed by atoms with Crippen LogP contribution >= 0.6 is 0 Å². The molecule has 2 aromatic carbocycles. The Morgan fingerprint density at radius 1 is 1.07 bits per heavy atom. The Labute approximate surface area is 169 Å². The molecule has 29 heavy (non-hydrogen) atoms. The van der Waals surface area contributed by atoms with Crippen molar-refractivity contribution in [1.29, 1.82) is 0 Å². The Hall–Kier alpha value is -3.34. The summed E-state index contributed by atoms with van der Waals surface area (Å²) in [7, 11) is 2.06. The van der Waals surface area contributed by atoms with Crippen molar-refractivity contribution in [3.05, 3.63) is 88.1 Å². The zero-order valence-corrected chi connectivity index (χ0v) is 16.6. The largest absolute Gasteiger partial charge is 0.489 e. The van der Waals surface area contributed by atoms with E-state index >= 15 is 0 Å². The third kappa shape index (κ3) is 3.44. The molecule has 4 aromatic rings. The number of pyridine rings is 1. The van der Waals surface area contributed by atoms with Crippen LogP contribution in [0.2, 0.25) is 0 Å². The molecular formula is C24H23N3O2. The molecule has 146 valence electrons.